The highest BCUT2D eigenvalue weighted by Crippen LogP contribution is 2.34. The maximum absolute atomic E-state index is 12.3. The number of amides is 2. The Morgan fingerprint density at radius 2 is 0.902 bits per heavy atom. The van der Waals surface area contributed by atoms with E-state index in [-0.39, 0.29) is 0 Å². The molecule has 23 heteroatoms. The Labute approximate surface area is 289 Å². The molecular weight excluding hydrogens is 700 g/mol. The van der Waals surface area contributed by atoms with Crippen LogP contribution < -0.4 is 10.6 Å². The smallest absolute Gasteiger partial charge is 0.217 e. The summed E-state index contributed by atoms with van der Waals surface area (Å²) in [5.41, 5.74) is 0. The van der Waals surface area contributed by atoms with Gasteiger partial charge in [0.2, 0.25) is 11.8 Å². The molecule has 14 N–H and O–H groups in total. The molecule has 2 amide bonds. The molecule has 0 aromatic rings. The standard InChI is InChI=1S/C28H48N2O21/c1-7(35)29-13-18(40)22(12(6-34)45-25(13)44)49-28-21(43)24(17(39)11(5-33)48-28)51-26-14(30-8(2)36)23(16(38)10(4-32)46-26)50-27-20(42)19(41)15(37)9(3-31)47-27/h9-28,31-34,37-44H,3-6H2,1-2H3,(H,29,35)(H,30,36)/t9?,10?,11?,12?,13?,14?,15-,16+,17-,18+,19-,20?,21?,22+,23+,24-,25?,26-,27-,28-/m0/s1. The molecule has 0 aliphatic carbocycles. The SMILES string of the molecule is CC(=O)NC1C(O)OC(CO)[C@@H](O[C@@H]2OC(CO)[C@H](O)[C@H](O[C@@H]3OC(CO)[C@@H](O)[C@H](O[C@@H]4OC(CO)[C@H](O)[C@H](O)C4O)C3NC(C)=O)C2O)[C@@H]1O. The predicted molar refractivity (Wildman–Crippen MR) is 157 cm³/mol. The third-order valence-electron chi connectivity index (χ3n) is 9.01. The molecule has 0 bridgehead atoms. The maximum atomic E-state index is 12.3. The van der Waals surface area contributed by atoms with Crippen molar-refractivity contribution < 1.29 is 104 Å². The third kappa shape index (κ3) is 9.11. The summed E-state index contributed by atoms with van der Waals surface area (Å²) in [5.74, 6) is -1.44. The number of aliphatic hydroxyl groups is 12. The first-order valence-electron chi connectivity index (χ1n) is 16.1. The fourth-order valence-corrected chi connectivity index (χ4v) is 6.35. The first-order valence-corrected chi connectivity index (χ1v) is 16.1. The molecule has 20 atom stereocenters. The molecule has 0 aromatic carbocycles. The van der Waals surface area contributed by atoms with Crippen molar-refractivity contribution in [1.29, 1.82) is 0 Å². The lowest BCUT2D eigenvalue weighted by molar-refractivity contribution is -0.376. The minimum atomic E-state index is -2.05. The quantitative estimate of drug-likeness (QED) is 0.0881. The van der Waals surface area contributed by atoms with Crippen molar-refractivity contribution in [3.63, 3.8) is 0 Å². The van der Waals surface area contributed by atoms with Crippen molar-refractivity contribution in [3.8, 4) is 0 Å². The van der Waals surface area contributed by atoms with Crippen LogP contribution in [0.25, 0.3) is 0 Å². The van der Waals surface area contributed by atoms with Crippen LogP contribution in [0.15, 0.2) is 0 Å². The van der Waals surface area contributed by atoms with E-state index in [1.54, 1.807) is 0 Å². The lowest BCUT2D eigenvalue weighted by Gasteiger charge is -2.50. The summed E-state index contributed by atoms with van der Waals surface area (Å²) < 4.78 is 39.3. The number of ether oxygens (including phenoxy) is 7. The minimum absolute atomic E-state index is 0.671. The molecule has 23 nitrogen and oxygen atoms in total. The lowest BCUT2D eigenvalue weighted by Crippen LogP contribution is -2.70. The van der Waals surface area contributed by atoms with Crippen LogP contribution in [0.1, 0.15) is 13.8 Å². The molecule has 0 aromatic heterocycles. The third-order valence-corrected chi connectivity index (χ3v) is 9.01. The summed E-state index contributed by atoms with van der Waals surface area (Å²) in [6.07, 6.45) is -31.8. The number of carbonyl (C=O) groups is 2. The van der Waals surface area contributed by atoms with Gasteiger partial charge in [0.15, 0.2) is 25.2 Å². The van der Waals surface area contributed by atoms with E-state index in [2.05, 4.69) is 10.6 Å². The average Bonchev–Trinajstić information content (AvgIpc) is 3.08. The van der Waals surface area contributed by atoms with Gasteiger partial charge in [-0.1, -0.05) is 0 Å². The molecule has 4 rings (SSSR count). The number of hydrogen-bond donors (Lipinski definition) is 14. The zero-order valence-corrected chi connectivity index (χ0v) is 27.4. The Kier molecular flexibility index (Phi) is 14.8. The molecular formula is C28H48N2O21. The molecule has 0 spiro atoms. The van der Waals surface area contributed by atoms with Crippen LogP contribution >= 0.6 is 0 Å². The first kappa shape index (κ1) is 41.9. The van der Waals surface area contributed by atoms with Gasteiger partial charge in [0.1, 0.15) is 97.5 Å². The van der Waals surface area contributed by atoms with Crippen LogP contribution in [-0.4, -0.2) is 222 Å². The van der Waals surface area contributed by atoms with Gasteiger partial charge in [-0.2, -0.15) is 0 Å². The van der Waals surface area contributed by atoms with Gasteiger partial charge >= 0.3 is 0 Å². The van der Waals surface area contributed by atoms with Crippen molar-refractivity contribution in [3.05, 3.63) is 0 Å². The summed E-state index contributed by atoms with van der Waals surface area (Å²) in [5, 5.41) is 130. The van der Waals surface area contributed by atoms with Gasteiger partial charge in [-0.15, -0.1) is 0 Å². The summed E-state index contributed by atoms with van der Waals surface area (Å²) in [4.78, 5) is 24.0. The van der Waals surface area contributed by atoms with Crippen LogP contribution in [0, 0.1) is 0 Å². The second-order valence-electron chi connectivity index (χ2n) is 12.6. The van der Waals surface area contributed by atoms with Crippen molar-refractivity contribution in [2.75, 3.05) is 26.4 Å². The highest BCUT2D eigenvalue weighted by Gasteiger charge is 2.56. The Balaban J connectivity index is 1.62. The molecule has 0 radical (unpaired) electrons. The minimum Gasteiger partial charge on any atom is -0.394 e. The Hall–Kier alpha value is -1.82. The molecule has 0 saturated carbocycles. The fourth-order valence-electron chi connectivity index (χ4n) is 6.35. The Morgan fingerprint density at radius 3 is 1.43 bits per heavy atom. The van der Waals surface area contributed by atoms with E-state index < -0.39 is 161 Å². The summed E-state index contributed by atoms with van der Waals surface area (Å²) >= 11 is 0. The molecule has 4 aliphatic heterocycles. The van der Waals surface area contributed by atoms with Crippen LogP contribution in [-0.2, 0) is 42.7 Å². The summed E-state index contributed by atoms with van der Waals surface area (Å²) in [6.45, 7) is -1.33. The number of rotatable bonds is 12. The topological polar surface area (TPSA) is 366 Å². The van der Waals surface area contributed by atoms with Crippen LogP contribution in [0.3, 0.4) is 0 Å². The van der Waals surface area contributed by atoms with Crippen LogP contribution in [0.5, 0.6) is 0 Å². The van der Waals surface area contributed by atoms with E-state index in [9.17, 15) is 70.9 Å². The summed E-state index contributed by atoms with van der Waals surface area (Å²) in [6, 6.07) is -3.09. The number of carbonyl (C=O) groups excluding carboxylic acids is 2. The first-order chi connectivity index (χ1) is 24.1. The highest BCUT2D eigenvalue weighted by molar-refractivity contribution is 5.73. The Bertz CT molecular complexity index is 1140. The molecule has 4 heterocycles. The fraction of sp³-hybridized carbons (Fsp3) is 0.929. The van der Waals surface area contributed by atoms with Crippen molar-refractivity contribution >= 4 is 11.8 Å². The van der Waals surface area contributed by atoms with Gasteiger partial charge in [0.25, 0.3) is 0 Å². The van der Waals surface area contributed by atoms with E-state index in [1.807, 2.05) is 0 Å². The van der Waals surface area contributed by atoms with E-state index in [1.165, 1.54) is 0 Å². The van der Waals surface area contributed by atoms with Gasteiger partial charge < -0.3 is 105 Å². The van der Waals surface area contributed by atoms with Crippen LogP contribution in [0.4, 0.5) is 0 Å². The number of hydrogen-bond acceptors (Lipinski definition) is 21. The van der Waals surface area contributed by atoms with E-state index in [0.29, 0.717) is 0 Å². The molecule has 4 fully saturated rings. The van der Waals surface area contributed by atoms with Crippen molar-refractivity contribution in [2.45, 2.75) is 137 Å². The summed E-state index contributed by atoms with van der Waals surface area (Å²) in [7, 11) is 0. The van der Waals surface area contributed by atoms with E-state index in [4.69, 9.17) is 33.2 Å². The predicted octanol–water partition coefficient (Wildman–Crippen LogP) is -9.46. The van der Waals surface area contributed by atoms with Gasteiger partial charge in [0.05, 0.1) is 26.4 Å². The van der Waals surface area contributed by atoms with Crippen molar-refractivity contribution in [2.24, 2.45) is 0 Å². The Morgan fingerprint density at radius 1 is 0.471 bits per heavy atom. The molecule has 296 valence electrons. The second kappa shape index (κ2) is 18.0. The zero-order chi connectivity index (χ0) is 37.9. The van der Waals surface area contributed by atoms with Crippen molar-refractivity contribution in [1.82, 2.24) is 10.6 Å². The monoisotopic (exact) mass is 748 g/mol. The highest BCUT2D eigenvalue weighted by atomic mass is 16.8. The number of nitrogens with one attached hydrogen (secondary N) is 2. The van der Waals surface area contributed by atoms with E-state index in [0.717, 1.165) is 13.8 Å². The largest absolute Gasteiger partial charge is 0.394 e. The molecule has 4 saturated heterocycles. The van der Waals surface area contributed by atoms with E-state index >= 15 is 0 Å². The van der Waals surface area contributed by atoms with Crippen LogP contribution in [0.2, 0.25) is 0 Å². The second-order valence-corrected chi connectivity index (χ2v) is 12.6. The normalized spacial score (nSPS) is 47.8. The average molecular weight is 749 g/mol. The zero-order valence-electron chi connectivity index (χ0n) is 27.4. The van der Waals surface area contributed by atoms with Gasteiger partial charge in [0, 0.05) is 13.8 Å². The van der Waals surface area contributed by atoms with Gasteiger partial charge in [-0.3, -0.25) is 9.59 Å². The maximum Gasteiger partial charge on any atom is 0.217 e. The molecule has 4 aliphatic rings. The number of aliphatic hydroxyl groups excluding tert-OH is 12. The molecule has 51 heavy (non-hydrogen) atoms. The molecule has 9 unspecified atom stereocenters. The van der Waals surface area contributed by atoms with Gasteiger partial charge in [-0.05, 0) is 0 Å². The van der Waals surface area contributed by atoms with Gasteiger partial charge in [-0.25, -0.2) is 0 Å². The lowest BCUT2D eigenvalue weighted by atomic mass is 9.94.